The lowest BCUT2D eigenvalue weighted by Crippen LogP contribution is -2.56. The Bertz CT molecular complexity index is 1560. The first kappa shape index (κ1) is 21.7. The van der Waals surface area contributed by atoms with Gasteiger partial charge < -0.3 is 19.9 Å². The number of ketones is 1. The molecule has 0 saturated carbocycles. The van der Waals surface area contributed by atoms with Crippen LogP contribution in [0.15, 0.2) is 66.9 Å². The van der Waals surface area contributed by atoms with Crippen LogP contribution in [0.1, 0.15) is 42.8 Å². The first-order chi connectivity index (χ1) is 17.4. The predicted octanol–water partition coefficient (Wildman–Crippen LogP) is 3.15. The lowest BCUT2D eigenvalue weighted by molar-refractivity contribution is -0.131. The number of H-pyrrole nitrogens is 1. The maximum atomic E-state index is 13.2. The highest BCUT2D eigenvalue weighted by Crippen LogP contribution is 2.39. The molecule has 9 nitrogen and oxygen atoms in total. The van der Waals surface area contributed by atoms with Crippen LogP contribution in [0.25, 0.3) is 22.2 Å². The second-order valence-electron chi connectivity index (χ2n) is 8.84. The van der Waals surface area contributed by atoms with Crippen LogP contribution in [-0.2, 0) is 4.79 Å². The number of amides is 2. The highest BCUT2D eigenvalue weighted by molar-refractivity contribution is 6.46. The van der Waals surface area contributed by atoms with Gasteiger partial charge in [0.25, 0.3) is 17.6 Å². The molecule has 36 heavy (non-hydrogen) atoms. The fraction of sp³-hybridized carbons (Fsp3) is 0.148. The Morgan fingerprint density at radius 2 is 1.69 bits per heavy atom. The summed E-state index contributed by atoms with van der Waals surface area (Å²) in [5.41, 5.74) is 3.39. The largest absolute Gasteiger partial charge is 0.478 e. The molecule has 0 bridgehead atoms. The molecule has 2 aliphatic rings. The molecule has 2 aliphatic heterocycles. The zero-order chi connectivity index (χ0) is 25.0. The summed E-state index contributed by atoms with van der Waals surface area (Å²) < 4.78 is 0. The standard InChI is InChI=1S/C27H20N4O5/c32-24-20-18-10-11-28-21(15-6-8-17(9-7-15)27(35)36)22(18)29-23(20)19-14-30(12-13-31(19)26(24)34)25(33)16-4-2-1-3-5-16/h1-11,19,29H,12-14H2,(H,35,36)/t19-/m0/s1. The van der Waals surface area contributed by atoms with Gasteiger partial charge in [0.15, 0.2) is 0 Å². The lowest BCUT2D eigenvalue weighted by atomic mass is 9.93. The number of aromatic carboxylic acids is 1. The van der Waals surface area contributed by atoms with Crippen molar-refractivity contribution in [3.05, 3.63) is 89.2 Å². The van der Waals surface area contributed by atoms with Gasteiger partial charge >= 0.3 is 5.97 Å². The van der Waals surface area contributed by atoms with E-state index < -0.39 is 23.7 Å². The summed E-state index contributed by atoms with van der Waals surface area (Å²) in [4.78, 5) is 61.6. The number of nitrogens with zero attached hydrogens (tertiary/aromatic N) is 3. The molecule has 4 aromatic rings. The molecule has 9 heteroatoms. The molecule has 0 unspecified atom stereocenters. The molecule has 1 atom stereocenters. The number of aromatic amines is 1. The maximum absolute atomic E-state index is 13.2. The molecule has 4 heterocycles. The van der Waals surface area contributed by atoms with Crippen LogP contribution in [-0.4, -0.2) is 68.1 Å². The quantitative estimate of drug-likeness (QED) is 0.434. The minimum absolute atomic E-state index is 0.127. The van der Waals surface area contributed by atoms with E-state index in [1.165, 1.54) is 17.0 Å². The highest BCUT2D eigenvalue weighted by Gasteiger charge is 2.44. The second kappa shape index (κ2) is 8.16. The summed E-state index contributed by atoms with van der Waals surface area (Å²) in [6.45, 7) is 0.842. The summed E-state index contributed by atoms with van der Waals surface area (Å²) in [6, 6.07) is 16.5. The van der Waals surface area contributed by atoms with Gasteiger partial charge in [-0.3, -0.25) is 19.4 Å². The van der Waals surface area contributed by atoms with Gasteiger partial charge in [0.1, 0.15) is 0 Å². The Kier molecular flexibility index (Phi) is 4.92. The summed E-state index contributed by atoms with van der Waals surface area (Å²) in [6.07, 6.45) is 1.56. The van der Waals surface area contributed by atoms with Gasteiger partial charge in [0.05, 0.1) is 34.1 Å². The molecule has 178 valence electrons. The number of pyridine rings is 1. The average Bonchev–Trinajstić information content (AvgIpc) is 3.32. The number of nitrogens with one attached hydrogen (secondary N) is 1. The number of carbonyl (C=O) groups excluding carboxylic acids is 3. The molecule has 0 aliphatic carbocycles. The molecule has 2 aromatic carbocycles. The third kappa shape index (κ3) is 3.28. The lowest BCUT2D eigenvalue weighted by Gasteiger charge is -2.43. The number of hydrogen-bond acceptors (Lipinski definition) is 5. The molecule has 1 saturated heterocycles. The topological polar surface area (TPSA) is 124 Å². The Hall–Kier alpha value is -4.79. The predicted molar refractivity (Wildman–Crippen MR) is 130 cm³/mol. The van der Waals surface area contributed by atoms with E-state index in [4.69, 9.17) is 0 Å². The molecule has 0 radical (unpaired) electrons. The van der Waals surface area contributed by atoms with Gasteiger partial charge in [0.2, 0.25) is 0 Å². The number of Topliss-reactive ketones (excluding diaryl/α,β-unsaturated/α-hetero) is 1. The van der Waals surface area contributed by atoms with E-state index >= 15 is 0 Å². The van der Waals surface area contributed by atoms with Crippen molar-refractivity contribution in [3.63, 3.8) is 0 Å². The molecular weight excluding hydrogens is 460 g/mol. The Morgan fingerprint density at radius 3 is 2.42 bits per heavy atom. The number of carbonyl (C=O) groups is 4. The molecule has 2 amide bonds. The fourth-order valence-corrected chi connectivity index (χ4v) is 5.08. The smallest absolute Gasteiger partial charge is 0.335 e. The van der Waals surface area contributed by atoms with Crippen LogP contribution in [0.3, 0.4) is 0 Å². The number of benzene rings is 2. The number of piperazine rings is 1. The van der Waals surface area contributed by atoms with E-state index in [0.29, 0.717) is 45.5 Å². The van der Waals surface area contributed by atoms with Crippen molar-refractivity contribution in [3.8, 4) is 11.3 Å². The van der Waals surface area contributed by atoms with Gasteiger partial charge in [-0.2, -0.15) is 0 Å². The summed E-state index contributed by atoms with van der Waals surface area (Å²) >= 11 is 0. The number of aromatic nitrogens is 2. The minimum Gasteiger partial charge on any atom is -0.478 e. The van der Waals surface area contributed by atoms with Crippen molar-refractivity contribution in [2.45, 2.75) is 6.04 Å². The van der Waals surface area contributed by atoms with Gasteiger partial charge in [-0.25, -0.2) is 4.79 Å². The second-order valence-corrected chi connectivity index (χ2v) is 8.84. The molecule has 2 N–H and O–H groups in total. The van der Waals surface area contributed by atoms with E-state index in [1.54, 1.807) is 53.6 Å². The Morgan fingerprint density at radius 1 is 0.944 bits per heavy atom. The van der Waals surface area contributed by atoms with E-state index in [2.05, 4.69) is 9.97 Å². The maximum Gasteiger partial charge on any atom is 0.335 e. The van der Waals surface area contributed by atoms with Gasteiger partial charge in [-0.15, -0.1) is 0 Å². The molecule has 6 rings (SSSR count). The van der Waals surface area contributed by atoms with Crippen LogP contribution in [0.2, 0.25) is 0 Å². The summed E-state index contributed by atoms with van der Waals surface area (Å²) in [7, 11) is 0. The third-order valence-electron chi connectivity index (χ3n) is 6.86. The summed E-state index contributed by atoms with van der Waals surface area (Å²) in [5.74, 6) is -2.32. The Balaban J connectivity index is 1.44. The van der Waals surface area contributed by atoms with Crippen molar-refractivity contribution in [1.29, 1.82) is 0 Å². The highest BCUT2D eigenvalue weighted by atomic mass is 16.4. The van der Waals surface area contributed by atoms with Crippen LogP contribution in [0.5, 0.6) is 0 Å². The van der Waals surface area contributed by atoms with Crippen molar-refractivity contribution in [2.75, 3.05) is 19.6 Å². The van der Waals surface area contributed by atoms with E-state index in [-0.39, 0.29) is 24.6 Å². The Labute approximate surface area is 205 Å². The third-order valence-corrected chi connectivity index (χ3v) is 6.86. The van der Waals surface area contributed by atoms with E-state index in [0.717, 1.165) is 0 Å². The number of carboxylic acids is 1. The molecule has 0 spiro atoms. The molecule has 2 aromatic heterocycles. The minimum atomic E-state index is -1.03. The van der Waals surface area contributed by atoms with Crippen LogP contribution >= 0.6 is 0 Å². The molecular formula is C27H20N4O5. The van der Waals surface area contributed by atoms with Crippen molar-refractivity contribution in [1.82, 2.24) is 19.8 Å². The first-order valence-electron chi connectivity index (χ1n) is 11.5. The van der Waals surface area contributed by atoms with Crippen LogP contribution in [0.4, 0.5) is 0 Å². The number of rotatable bonds is 3. The molecule has 1 fully saturated rings. The van der Waals surface area contributed by atoms with Crippen molar-refractivity contribution >= 4 is 34.5 Å². The van der Waals surface area contributed by atoms with E-state index in [1.807, 2.05) is 6.07 Å². The first-order valence-corrected chi connectivity index (χ1v) is 11.5. The fourth-order valence-electron chi connectivity index (χ4n) is 5.08. The monoisotopic (exact) mass is 480 g/mol. The zero-order valence-electron chi connectivity index (χ0n) is 19.0. The SMILES string of the molecule is O=C(O)c1ccc(-c2nccc3c4c([nH]c23)[C@@H]2CN(C(=O)c3ccccc3)CCN2C(=O)C4=O)cc1. The number of fused-ring (bicyclic) bond motifs is 5. The summed E-state index contributed by atoms with van der Waals surface area (Å²) in [5, 5.41) is 9.77. The van der Waals surface area contributed by atoms with Crippen molar-refractivity contribution < 1.29 is 24.3 Å². The van der Waals surface area contributed by atoms with Crippen LogP contribution < -0.4 is 0 Å². The zero-order valence-corrected chi connectivity index (χ0v) is 19.0. The average molecular weight is 480 g/mol. The van der Waals surface area contributed by atoms with E-state index in [9.17, 15) is 24.3 Å². The van der Waals surface area contributed by atoms with Gasteiger partial charge in [-0.05, 0) is 30.3 Å². The number of hydrogen-bond donors (Lipinski definition) is 2. The van der Waals surface area contributed by atoms with Crippen molar-refractivity contribution in [2.24, 2.45) is 0 Å². The van der Waals surface area contributed by atoms with Gasteiger partial charge in [-0.1, -0.05) is 30.3 Å². The normalized spacial score (nSPS) is 17.2. The van der Waals surface area contributed by atoms with Crippen LogP contribution in [0, 0.1) is 0 Å². The number of carboxylic acid groups (broad SMARTS) is 1. The van der Waals surface area contributed by atoms with Gasteiger partial charge in [0, 0.05) is 42.3 Å².